The topological polar surface area (TPSA) is 51.5 Å². The van der Waals surface area contributed by atoms with Gasteiger partial charge in [0.15, 0.2) is 0 Å². The zero-order chi connectivity index (χ0) is 16.4. The van der Waals surface area contributed by atoms with Crippen molar-refractivity contribution in [1.82, 2.24) is 4.73 Å². The Morgan fingerprint density at radius 1 is 1.13 bits per heavy atom. The molecule has 0 fully saturated rings. The highest BCUT2D eigenvalue weighted by Crippen LogP contribution is 2.32. The van der Waals surface area contributed by atoms with E-state index in [1.165, 1.54) is 17.9 Å². The largest absolute Gasteiger partial charge is 0.413 e. The normalized spacial score (nSPS) is 12.3. The van der Waals surface area contributed by atoms with E-state index in [1.54, 1.807) is 6.07 Å². The molecule has 3 aromatic rings. The lowest BCUT2D eigenvalue weighted by atomic mass is 9.96. The molecule has 1 heterocycles. The summed E-state index contributed by atoms with van der Waals surface area (Å²) in [4.78, 5) is 17.4. The number of aliphatic hydroxyl groups excluding tert-OH is 1. The zero-order valence-corrected chi connectivity index (χ0v) is 13.3. The van der Waals surface area contributed by atoms with Crippen LogP contribution in [-0.4, -0.2) is 22.8 Å². The van der Waals surface area contributed by atoms with Crippen LogP contribution in [-0.2, 0) is 0 Å². The Balaban J connectivity index is 2.43. The van der Waals surface area contributed by atoms with Crippen LogP contribution < -0.4 is 10.4 Å². The van der Waals surface area contributed by atoms with Gasteiger partial charge in [-0.1, -0.05) is 42.5 Å². The van der Waals surface area contributed by atoms with Crippen molar-refractivity contribution in [2.75, 3.05) is 13.0 Å². The quantitative estimate of drug-likeness (QED) is 0.749. The van der Waals surface area contributed by atoms with Crippen LogP contribution in [0.5, 0.6) is 0 Å². The van der Waals surface area contributed by atoms with E-state index < -0.39 is 6.10 Å². The van der Waals surface area contributed by atoms with Gasteiger partial charge in [0.25, 0.3) is 5.56 Å². The molecule has 4 nitrogen and oxygen atoms in total. The van der Waals surface area contributed by atoms with Crippen molar-refractivity contribution in [3.63, 3.8) is 0 Å². The first-order valence-corrected chi connectivity index (χ1v) is 7.73. The van der Waals surface area contributed by atoms with E-state index >= 15 is 0 Å². The number of hydrogen-bond acceptors (Lipinski definition) is 3. The molecule has 0 aliphatic rings. The Bertz CT molecular complexity index is 890. The fourth-order valence-electron chi connectivity index (χ4n) is 2.76. The minimum absolute atomic E-state index is 0.0753. The molecule has 0 saturated heterocycles. The average Bonchev–Trinajstić information content (AvgIpc) is 2.60. The third-order valence-corrected chi connectivity index (χ3v) is 4.11. The highest BCUT2D eigenvalue weighted by atomic mass is 35.5. The number of pyridine rings is 1. The number of hydrogen-bond donors (Lipinski definition) is 1. The SMILES string of the molecule is COn1c(=O)ccc2c([C@@H](O)CCl)ccc(-c3ccccc3)c21. The lowest BCUT2D eigenvalue weighted by Gasteiger charge is -2.17. The lowest BCUT2D eigenvalue weighted by Crippen LogP contribution is -2.25. The van der Waals surface area contributed by atoms with Crippen LogP contribution in [0.25, 0.3) is 22.0 Å². The molecule has 0 bridgehead atoms. The smallest absolute Gasteiger partial charge is 0.283 e. The second-order valence-electron chi connectivity index (χ2n) is 5.15. The Labute approximate surface area is 138 Å². The Hall–Kier alpha value is -2.30. The van der Waals surface area contributed by atoms with Crippen LogP contribution in [0.4, 0.5) is 0 Å². The van der Waals surface area contributed by atoms with Crippen molar-refractivity contribution in [3.05, 3.63) is 70.5 Å². The van der Waals surface area contributed by atoms with Crippen molar-refractivity contribution in [3.8, 4) is 11.1 Å². The van der Waals surface area contributed by atoms with E-state index in [2.05, 4.69) is 0 Å². The van der Waals surface area contributed by atoms with Crippen molar-refractivity contribution in [2.45, 2.75) is 6.10 Å². The zero-order valence-electron chi connectivity index (χ0n) is 12.6. The average molecular weight is 330 g/mol. The third-order valence-electron chi connectivity index (χ3n) is 3.82. The van der Waals surface area contributed by atoms with Gasteiger partial charge in [0.1, 0.15) is 7.11 Å². The Morgan fingerprint density at radius 2 is 1.87 bits per heavy atom. The first-order valence-electron chi connectivity index (χ1n) is 7.20. The van der Waals surface area contributed by atoms with E-state index in [0.717, 1.165) is 16.5 Å². The summed E-state index contributed by atoms with van der Waals surface area (Å²) >= 11 is 5.80. The highest BCUT2D eigenvalue weighted by Gasteiger charge is 2.17. The number of nitrogens with zero attached hydrogens (tertiary/aromatic N) is 1. The van der Waals surface area contributed by atoms with E-state index in [-0.39, 0.29) is 11.4 Å². The minimum atomic E-state index is -0.813. The van der Waals surface area contributed by atoms with Crippen LogP contribution in [0.2, 0.25) is 0 Å². The molecule has 0 spiro atoms. The first kappa shape index (κ1) is 15.6. The van der Waals surface area contributed by atoms with Crippen LogP contribution in [0.3, 0.4) is 0 Å². The van der Waals surface area contributed by atoms with Gasteiger partial charge in [0, 0.05) is 17.0 Å². The predicted molar refractivity (Wildman–Crippen MR) is 91.8 cm³/mol. The van der Waals surface area contributed by atoms with Crippen molar-refractivity contribution in [2.24, 2.45) is 0 Å². The summed E-state index contributed by atoms with van der Waals surface area (Å²) in [5.41, 5.74) is 2.83. The molecule has 3 rings (SSSR count). The summed E-state index contributed by atoms with van der Waals surface area (Å²) < 4.78 is 1.24. The first-order chi connectivity index (χ1) is 11.2. The number of benzene rings is 2. The maximum absolute atomic E-state index is 12.1. The number of aliphatic hydroxyl groups is 1. The van der Waals surface area contributed by atoms with Gasteiger partial charge in [0.05, 0.1) is 17.5 Å². The van der Waals surface area contributed by atoms with Crippen LogP contribution in [0.15, 0.2) is 59.4 Å². The number of alkyl halides is 1. The number of fused-ring (bicyclic) bond motifs is 1. The molecule has 118 valence electrons. The van der Waals surface area contributed by atoms with Gasteiger partial charge in [-0.3, -0.25) is 4.79 Å². The van der Waals surface area contributed by atoms with Crippen molar-refractivity contribution >= 4 is 22.5 Å². The molecule has 23 heavy (non-hydrogen) atoms. The number of aromatic nitrogens is 1. The van der Waals surface area contributed by atoms with Gasteiger partial charge in [-0.25, -0.2) is 0 Å². The molecule has 1 atom stereocenters. The molecule has 1 aromatic heterocycles. The van der Waals surface area contributed by atoms with E-state index in [1.807, 2.05) is 42.5 Å². The molecule has 0 saturated carbocycles. The molecular formula is C18H16ClNO3. The summed E-state index contributed by atoms with van der Waals surface area (Å²) in [5.74, 6) is 0.0753. The van der Waals surface area contributed by atoms with Gasteiger partial charge in [0.2, 0.25) is 0 Å². The standard InChI is InChI=1S/C18H16ClNO3/c1-23-20-17(22)10-9-15-14(16(21)11-19)8-7-13(18(15)20)12-5-3-2-4-6-12/h2-10,16,21H,11H2,1H3/t16-/m0/s1. The lowest BCUT2D eigenvalue weighted by molar-refractivity contribution is 0.169. The van der Waals surface area contributed by atoms with Gasteiger partial charge < -0.3 is 9.94 Å². The highest BCUT2D eigenvalue weighted by molar-refractivity contribution is 6.18. The summed E-state index contributed by atoms with van der Waals surface area (Å²) in [6, 6.07) is 16.5. The molecule has 0 unspecified atom stereocenters. The molecule has 1 N–H and O–H groups in total. The summed E-state index contributed by atoms with van der Waals surface area (Å²) in [5, 5.41) is 10.9. The van der Waals surface area contributed by atoms with Crippen LogP contribution in [0, 0.1) is 0 Å². The number of rotatable bonds is 4. The molecule has 2 aromatic carbocycles. The molecular weight excluding hydrogens is 314 g/mol. The molecule has 0 amide bonds. The minimum Gasteiger partial charge on any atom is -0.413 e. The Morgan fingerprint density at radius 3 is 2.52 bits per heavy atom. The van der Waals surface area contributed by atoms with Crippen LogP contribution in [0.1, 0.15) is 11.7 Å². The van der Waals surface area contributed by atoms with Crippen molar-refractivity contribution < 1.29 is 9.94 Å². The summed E-state index contributed by atoms with van der Waals surface area (Å²) in [7, 11) is 1.44. The van der Waals surface area contributed by atoms with Gasteiger partial charge in [-0.05, 0) is 17.2 Å². The molecule has 5 heteroatoms. The summed E-state index contributed by atoms with van der Waals surface area (Å²) in [6.07, 6.45) is -0.813. The van der Waals surface area contributed by atoms with E-state index in [9.17, 15) is 9.90 Å². The fraction of sp³-hybridized carbons (Fsp3) is 0.167. The predicted octanol–water partition coefficient (Wildman–Crippen LogP) is 3.00. The van der Waals surface area contributed by atoms with E-state index in [4.69, 9.17) is 16.4 Å². The Kier molecular flexibility index (Phi) is 4.37. The number of halogens is 1. The van der Waals surface area contributed by atoms with E-state index in [0.29, 0.717) is 11.1 Å². The maximum atomic E-state index is 12.1. The molecule has 0 radical (unpaired) electrons. The van der Waals surface area contributed by atoms with Gasteiger partial charge in [-0.15, -0.1) is 16.3 Å². The molecule has 0 aliphatic carbocycles. The van der Waals surface area contributed by atoms with Crippen LogP contribution >= 0.6 is 11.6 Å². The maximum Gasteiger partial charge on any atom is 0.283 e. The summed E-state index contributed by atoms with van der Waals surface area (Å²) in [6.45, 7) is 0. The van der Waals surface area contributed by atoms with Crippen molar-refractivity contribution in [1.29, 1.82) is 0 Å². The molecule has 0 aliphatic heterocycles. The van der Waals surface area contributed by atoms with Gasteiger partial charge in [-0.2, -0.15) is 0 Å². The fourth-order valence-corrected chi connectivity index (χ4v) is 2.92. The third kappa shape index (κ3) is 2.71. The van der Waals surface area contributed by atoms with Gasteiger partial charge >= 0.3 is 0 Å². The second-order valence-corrected chi connectivity index (χ2v) is 5.46. The second kappa shape index (κ2) is 6.44. The monoisotopic (exact) mass is 329 g/mol.